The van der Waals surface area contributed by atoms with Crippen LogP contribution in [0.1, 0.15) is 85.0 Å². The third kappa shape index (κ3) is 4.77. The fourth-order valence-corrected chi connectivity index (χ4v) is 7.05. The number of hydrogen-bond acceptors (Lipinski definition) is 6. The molecule has 1 aromatic rings. The van der Waals surface area contributed by atoms with Gasteiger partial charge in [0, 0.05) is 5.92 Å². The standard InChI is InChI=1S/C23H37Cl2N6O/c1-15-14-31(17-12-8-5-9-13-17,19(32)23(2,3)30-15)18(16-10-6-4-7-11-16)26-22-28-20(24)27-21(25)29-22/h15-18,30H,4-14H2,1-3H3,(H,26,27,28,29)/q+1. The number of carbonyl (C=O) groups is 1. The van der Waals surface area contributed by atoms with Crippen molar-refractivity contribution in [3.05, 3.63) is 10.6 Å². The number of carbonyl (C=O) groups excluding carboxylic acids is 1. The number of quaternary nitrogens is 1. The highest BCUT2D eigenvalue weighted by Crippen LogP contribution is 2.42. The minimum absolute atomic E-state index is 0.0689. The summed E-state index contributed by atoms with van der Waals surface area (Å²) in [6, 6.07) is 0.523. The van der Waals surface area contributed by atoms with Gasteiger partial charge >= 0.3 is 5.91 Å². The number of rotatable bonds is 5. The van der Waals surface area contributed by atoms with Crippen molar-refractivity contribution in [2.75, 3.05) is 11.9 Å². The van der Waals surface area contributed by atoms with E-state index in [1.165, 1.54) is 38.5 Å². The van der Waals surface area contributed by atoms with Crippen LogP contribution in [0.3, 0.4) is 0 Å². The van der Waals surface area contributed by atoms with Gasteiger partial charge in [-0.3, -0.25) is 5.32 Å². The normalized spacial score (nSPS) is 30.8. The first kappa shape index (κ1) is 24.1. The fraction of sp³-hybridized carbons (Fsp3) is 0.826. The predicted octanol–water partition coefficient (Wildman–Crippen LogP) is 4.94. The van der Waals surface area contributed by atoms with Crippen molar-refractivity contribution >= 4 is 35.1 Å². The number of hydrogen-bond donors (Lipinski definition) is 2. The molecule has 3 aliphatic rings. The van der Waals surface area contributed by atoms with E-state index in [-0.39, 0.29) is 28.7 Å². The van der Waals surface area contributed by atoms with Gasteiger partial charge in [0.1, 0.15) is 12.1 Å². The molecule has 1 saturated heterocycles. The first-order valence-corrected chi connectivity index (χ1v) is 13.0. The molecule has 0 aromatic carbocycles. The largest absolute Gasteiger partial charge is 0.335 e. The van der Waals surface area contributed by atoms with Crippen LogP contribution in [0.5, 0.6) is 0 Å². The highest BCUT2D eigenvalue weighted by atomic mass is 35.5. The van der Waals surface area contributed by atoms with Crippen LogP contribution in [0.2, 0.25) is 10.6 Å². The van der Waals surface area contributed by atoms with Crippen molar-refractivity contribution in [1.29, 1.82) is 0 Å². The Balaban J connectivity index is 1.82. The average Bonchev–Trinajstić information content (AvgIpc) is 2.75. The number of piperazine rings is 1. The summed E-state index contributed by atoms with van der Waals surface area (Å²) in [4.78, 5) is 27.0. The molecule has 3 atom stereocenters. The lowest BCUT2D eigenvalue weighted by molar-refractivity contribution is -0.911. The Labute approximate surface area is 201 Å². The topological polar surface area (TPSA) is 79.8 Å². The maximum atomic E-state index is 14.4. The minimum atomic E-state index is -0.599. The lowest BCUT2D eigenvalue weighted by atomic mass is 9.80. The second kappa shape index (κ2) is 9.69. The van der Waals surface area contributed by atoms with Crippen LogP contribution in [0.25, 0.3) is 0 Å². The van der Waals surface area contributed by atoms with Crippen molar-refractivity contribution < 1.29 is 9.28 Å². The minimum Gasteiger partial charge on any atom is -0.304 e. The van der Waals surface area contributed by atoms with Crippen LogP contribution in [-0.4, -0.2) is 55.7 Å². The van der Waals surface area contributed by atoms with Gasteiger partial charge in [-0.15, -0.1) is 0 Å². The van der Waals surface area contributed by atoms with E-state index in [2.05, 4.69) is 32.5 Å². The average molecular weight is 484 g/mol. The maximum Gasteiger partial charge on any atom is 0.335 e. The molecular weight excluding hydrogens is 447 g/mol. The van der Waals surface area contributed by atoms with Crippen molar-refractivity contribution in [2.45, 2.75) is 109 Å². The van der Waals surface area contributed by atoms with Crippen LogP contribution in [0, 0.1) is 5.92 Å². The summed E-state index contributed by atoms with van der Waals surface area (Å²) in [6.45, 7) is 7.05. The Bertz CT molecular complexity index is 804. The number of nitrogens with one attached hydrogen (secondary N) is 2. The number of halogens is 2. The Morgan fingerprint density at radius 1 is 0.969 bits per heavy atom. The smallest absolute Gasteiger partial charge is 0.304 e. The highest BCUT2D eigenvalue weighted by molar-refractivity contribution is 6.31. The highest BCUT2D eigenvalue weighted by Gasteiger charge is 2.60. The molecule has 2 aliphatic carbocycles. The van der Waals surface area contributed by atoms with Crippen LogP contribution < -0.4 is 10.6 Å². The first-order valence-electron chi connectivity index (χ1n) is 12.3. The maximum absolute atomic E-state index is 14.4. The molecule has 0 bridgehead atoms. The van der Waals surface area contributed by atoms with Gasteiger partial charge in [-0.25, -0.2) is 9.28 Å². The molecule has 2 saturated carbocycles. The third-order valence-corrected chi connectivity index (χ3v) is 8.11. The van der Waals surface area contributed by atoms with Crippen molar-refractivity contribution in [3.8, 4) is 0 Å². The number of nitrogens with zero attached hydrogens (tertiary/aromatic N) is 4. The first-order chi connectivity index (χ1) is 15.2. The third-order valence-electron chi connectivity index (χ3n) is 7.77. The van der Waals surface area contributed by atoms with E-state index in [9.17, 15) is 4.79 Å². The molecule has 1 aliphatic heterocycles. The molecule has 1 aromatic heterocycles. The SMILES string of the molecule is CC1C[N+](C2CCCCC2)(C(Nc2nc(Cl)nc(Cl)n2)C2CCCCC2)C(=O)C(C)(C)N1. The van der Waals surface area contributed by atoms with Gasteiger partial charge in [0.05, 0.1) is 12.1 Å². The molecule has 2 N–H and O–H groups in total. The van der Waals surface area contributed by atoms with E-state index in [1.54, 1.807) is 0 Å². The molecule has 3 fully saturated rings. The van der Waals surface area contributed by atoms with Crippen molar-refractivity contribution in [2.24, 2.45) is 5.92 Å². The number of amides is 1. The zero-order valence-corrected chi connectivity index (χ0v) is 21.1. The quantitative estimate of drug-likeness (QED) is 0.577. The summed E-state index contributed by atoms with van der Waals surface area (Å²) in [5, 5.41) is 7.32. The second-order valence-corrected chi connectivity index (χ2v) is 11.2. The van der Waals surface area contributed by atoms with Crippen LogP contribution >= 0.6 is 23.2 Å². The van der Waals surface area contributed by atoms with E-state index in [4.69, 9.17) is 23.2 Å². The summed E-state index contributed by atoms with van der Waals surface area (Å²) in [6.07, 6.45) is 11.5. The van der Waals surface area contributed by atoms with Gasteiger partial charge in [0.25, 0.3) is 0 Å². The van der Waals surface area contributed by atoms with Gasteiger partial charge in [0.2, 0.25) is 16.5 Å². The van der Waals surface area contributed by atoms with Gasteiger partial charge in [0.15, 0.2) is 6.17 Å². The van der Waals surface area contributed by atoms with E-state index in [1.807, 2.05) is 13.8 Å². The Morgan fingerprint density at radius 2 is 1.53 bits per heavy atom. The molecule has 0 radical (unpaired) electrons. The van der Waals surface area contributed by atoms with Gasteiger partial charge < -0.3 is 5.32 Å². The molecule has 4 rings (SSSR count). The van der Waals surface area contributed by atoms with E-state index in [0.29, 0.717) is 22.4 Å². The molecule has 2 heterocycles. The summed E-state index contributed by atoms with van der Waals surface area (Å²) in [7, 11) is 0. The number of aromatic nitrogens is 3. The van der Waals surface area contributed by atoms with Crippen molar-refractivity contribution in [1.82, 2.24) is 20.3 Å². The molecule has 3 unspecified atom stereocenters. The zero-order chi connectivity index (χ0) is 22.9. The molecule has 1 amide bonds. The Morgan fingerprint density at radius 3 is 2.12 bits per heavy atom. The van der Waals surface area contributed by atoms with E-state index >= 15 is 0 Å². The molecule has 9 heteroatoms. The van der Waals surface area contributed by atoms with Crippen LogP contribution in [0.4, 0.5) is 5.95 Å². The molecule has 178 valence electrons. The van der Waals surface area contributed by atoms with Crippen LogP contribution in [0.15, 0.2) is 0 Å². The predicted molar refractivity (Wildman–Crippen MR) is 128 cm³/mol. The molecular formula is C23H37Cl2N6O+. The zero-order valence-electron chi connectivity index (χ0n) is 19.5. The summed E-state index contributed by atoms with van der Waals surface area (Å²) < 4.78 is 0.451. The molecule has 32 heavy (non-hydrogen) atoms. The fourth-order valence-electron chi connectivity index (χ4n) is 6.69. The summed E-state index contributed by atoms with van der Waals surface area (Å²) in [5.41, 5.74) is -0.599. The summed E-state index contributed by atoms with van der Waals surface area (Å²) in [5.74, 6) is 1.01. The van der Waals surface area contributed by atoms with Gasteiger partial charge in [-0.2, -0.15) is 15.0 Å². The van der Waals surface area contributed by atoms with Crippen molar-refractivity contribution in [3.63, 3.8) is 0 Å². The van der Waals surface area contributed by atoms with Crippen LogP contribution in [-0.2, 0) is 4.79 Å². The monoisotopic (exact) mass is 483 g/mol. The molecule has 7 nitrogen and oxygen atoms in total. The Kier molecular flexibility index (Phi) is 7.30. The Hall–Kier alpha value is -1.02. The van der Waals surface area contributed by atoms with E-state index < -0.39 is 5.54 Å². The second-order valence-electron chi connectivity index (χ2n) is 10.6. The van der Waals surface area contributed by atoms with E-state index in [0.717, 1.165) is 32.2 Å². The van der Waals surface area contributed by atoms with Gasteiger partial charge in [-0.05, 0) is 82.5 Å². The molecule has 0 spiro atoms. The van der Waals surface area contributed by atoms with Gasteiger partial charge in [-0.1, -0.05) is 25.7 Å². The lowest BCUT2D eigenvalue weighted by Crippen LogP contribution is -2.80. The summed E-state index contributed by atoms with van der Waals surface area (Å²) >= 11 is 12.2. The lowest BCUT2D eigenvalue weighted by Gasteiger charge is -2.57. The number of anilines is 1.